The van der Waals surface area contributed by atoms with Gasteiger partial charge in [0, 0.05) is 18.3 Å². The number of rotatable bonds is 6. The third-order valence-electron chi connectivity index (χ3n) is 4.38. The molecule has 1 aliphatic rings. The van der Waals surface area contributed by atoms with E-state index in [0.717, 1.165) is 40.8 Å². The fraction of sp³-hybridized carbons (Fsp3) is 0.238. The predicted octanol–water partition coefficient (Wildman–Crippen LogP) is 4.43. The van der Waals surface area contributed by atoms with E-state index in [9.17, 15) is 0 Å². The molecule has 138 valence electrons. The number of nitrogens with one attached hydrogen (secondary N) is 2. The minimum Gasteiger partial charge on any atom is -0.454 e. The second-order valence-corrected chi connectivity index (χ2v) is 6.40. The number of anilines is 3. The molecular weight excluding hydrogens is 340 g/mol. The maximum atomic E-state index is 5.43. The molecule has 6 heteroatoms. The van der Waals surface area contributed by atoms with Gasteiger partial charge in [-0.05, 0) is 48.7 Å². The topological polar surface area (TPSA) is 68.3 Å². The van der Waals surface area contributed by atoms with Gasteiger partial charge in [0.1, 0.15) is 17.5 Å². The lowest BCUT2D eigenvalue weighted by molar-refractivity contribution is 0.174. The molecule has 0 unspecified atom stereocenters. The Bertz CT molecular complexity index is 941. The molecule has 0 aliphatic carbocycles. The molecule has 0 bridgehead atoms. The van der Waals surface area contributed by atoms with Gasteiger partial charge in [-0.25, -0.2) is 9.97 Å². The van der Waals surface area contributed by atoms with Gasteiger partial charge in [0.25, 0.3) is 0 Å². The smallest absolute Gasteiger partial charge is 0.231 e. The first-order valence-corrected chi connectivity index (χ1v) is 9.03. The van der Waals surface area contributed by atoms with Crippen molar-refractivity contribution in [3.63, 3.8) is 0 Å². The normalized spacial score (nSPS) is 12.1. The zero-order valence-electron chi connectivity index (χ0n) is 15.5. The second kappa shape index (κ2) is 7.53. The third kappa shape index (κ3) is 4.11. The maximum absolute atomic E-state index is 5.43. The van der Waals surface area contributed by atoms with Crippen LogP contribution in [-0.4, -0.2) is 16.8 Å². The van der Waals surface area contributed by atoms with Crippen molar-refractivity contribution in [2.45, 2.75) is 26.8 Å². The Morgan fingerprint density at radius 2 is 1.63 bits per heavy atom. The standard InChI is InChI=1S/C21H22N4O2/c1-3-15-4-7-17(8-5-15)25-21-11-20(23-14(2)24-21)22-12-16-6-9-18-19(10-16)27-13-26-18/h4-11H,3,12-13H2,1-2H3,(H2,22,23,24,25). The van der Waals surface area contributed by atoms with Gasteiger partial charge in [-0.2, -0.15) is 0 Å². The van der Waals surface area contributed by atoms with Gasteiger partial charge < -0.3 is 20.1 Å². The zero-order chi connectivity index (χ0) is 18.6. The minimum atomic E-state index is 0.283. The van der Waals surface area contributed by atoms with Crippen molar-refractivity contribution in [1.82, 2.24) is 9.97 Å². The van der Waals surface area contributed by atoms with E-state index < -0.39 is 0 Å². The van der Waals surface area contributed by atoms with E-state index in [1.54, 1.807) is 0 Å². The number of ether oxygens (including phenoxy) is 2. The lowest BCUT2D eigenvalue weighted by Crippen LogP contribution is -2.05. The summed E-state index contributed by atoms with van der Waals surface area (Å²) in [7, 11) is 0. The number of nitrogens with zero attached hydrogens (tertiary/aromatic N) is 2. The fourth-order valence-electron chi connectivity index (χ4n) is 2.94. The van der Waals surface area contributed by atoms with Gasteiger partial charge in [-0.1, -0.05) is 25.1 Å². The van der Waals surface area contributed by atoms with E-state index in [1.165, 1.54) is 5.56 Å². The van der Waals surface area contributed by atoms with Crippen LogP contribution in [0.25, 0.3) is 0 Å². The highest BCUT2D eigenvalue weighted by Crippen LogP contribution is 2.32. The lowest BCUT2D eigenvalue weighted by atomic mass is 10.1. The van der Waals surface area contributed by atoms with Crippen LogP contribution in [0, 0.1) is 6.92 Å². The molecule has 0 spiro atoms. The summed E-state index contributed by atoms with van der Waals surface area (Å²) in [6, 6.07) is 16.2. The molecule has 0 saturated heterocycles. The Morgan fingerprint density at radius 3 is 2.44 bits per heavy atom. The van der Waals surface area contributed by atoms with E-state index in [0.29, 0.717) is 12.4 Å². The summed E-state index contributed by atoms with van der Waals surface area (Å²) in [5, 5.41) is 6.69. The Morgan fingerprint density at radius 1 is 0.889 bits per heavy atom. The number of hydrogen-bond donors (Lipinski definition) is 2. The molecule has 0 radical (unpaired) electrons. The van der Waals surface area contributed by atoms with Crippen molar-refractivity contribution < 1.29 is 9.47 Å². The first-order chi connectivity index (χ1) is 13.2. The second-order valence-electron chi connectivity index (χ2n) is 6.40. The van der Waals surface area contributed by atoms with Crippen LogP contribution in [0.5, 0.6) is 11.5 Å². The molecule has 4 rings (SSSR count). The number of hydrogen-bond acceptors (Lipinski definition) is 6. The summed E-state index contributed by atoms with van der Waals surface area (Å²) in [4.78, 5) is 8.95. The average Bonchev–Trinajstić information content (AvgIpc) is 3.14. The van der Waals surface area contributed by atoms with Crippen LogP contribution in [0.4, 0.5) is 17.3 Å². The summed E-state index contributed by atoms with van der Waals surface area (Å²) < 4.78 is 10.8. The molecule has 2 N–H and O–H groups in total. The predicted molar refractivity (Wildman–Crippen MR) is 106 cm³/mol. The van der Waals surface area contributed by atoms with Crippen molar-refractivity contribution in [1.29, 1.82) is 0 Å². The Hall–Kier alpha value is -3.28. The first-order valence-electron chi connectivity index (χ1n) is 9.03. The molecule has 3 aromatic rings. The van der Waals surface area contributed by atoms with E-state index in [1.807, 2.05) is 31.2 Å². The van der Waals surface area contributed by atoms with E-state index in [-0.39, 0.29) is 6.79 Å². The molecule has 27 heavy (non-hydrogen) atoms. The van der Waals surface area contributed by atoms with E-state index in [2.05, 4.69) is 51.8 Å². The van der Waals surface area contributed by atoms with Crippen LogP contribution in [-0.2, 0) is 13.0 Å². The Labute approximate surface area is 158 Å². The number of benzene rings is 2. The molecule has 1 aromatic heterocycles. The molecule has 1 aliphatic heterocycles. The van der Waals surface area contributed by atoms with Crippen molar-refractivity contribution in [3.8, 4) is 11.5 Å². The quantitative estimate of drug-likeness (QED) is 0.676. The molecule has 0 saturated carbocycles. The van der Waals surface area contributed by atoms with Crippen LogP contribution in [0.1, 0.15) is 23.9 Å². The maximum Gasteiger partial charge on any atom is 0.231 e. The Kier molecular flexibility index (Phi) is 4.78. The average molecular weight is 362 g/mol. The van der Waals surface area contributed by atoms with Crippen LogP contribution in [0.15, 0.2) is 48.5 Å². The molecule has 0 fully saturated rings. The molecule has 2 aromatic carbocycles. The molecule has 0 amide bonds. The molecule has 0 atom stereocenters. The van der Waals surface area contributed by atoms with Gasteiger partial charge in [-0.3, -0.25) is 0 Å². The lowest BCUT2D eigenvalue weighted by Gasteiger charge is -2.11. The van der Waals surface area contributed by atoms with Crippen molar-refractivity contribution in [2.75, 3.05) is 17.4 Å². The minimum absolute atomic E-state index is 0.283. The number of aromatic nitrogens is 2. The Balaban J connectivity index is 1.45. The molecule has 6 nitrogen and oxygen atoms in total. The van der Waals surface area contributed by atoms with E-state index in [4.69, 9.17) is 9.47 Å². The number of fused-ring (bicyclic) bond motifs is 1. The van der Waals surface area contributed by atoms with E-state index >= 15 is 0 Å². The van der Waals surface area contributed by atoms with Crippen molar-refractivity contribution in [3.05, 3.63) is 65.5 Å². The van der Waals surface area contributed by atoms with Gasteiger partial charge in [0.15, 0.2) is 11.5 Å². The summed E-state index contributed by atoms with van der Waals surface area (Å²) in [5.74, 6) is 3.81. The zero-order valence-corrected chi connectivity index (χ0v) is 15.5. The molecular formula is C21H22N4O2. The van der Waals surface area contributed by atoms with Gasteiger partial charge >= 0.3 is 0 Å². The largest absolute Gasteiger partial charge is 0.454 e. The monoisotopic (exact) mass is 362 g/mol. The fourth-order valence-corrected chi connectivity index (χ4v) is 2.94. The summed E-state index contributed by atoms with van der Waals surface area (Å²) in [6.07, 6.45) is 1.03. The van der Waals surface area contributed by atoms with Gasteiger partial charge in [0.2, 0.25) is 6.79 Å². The summed E-state index contributed by atoms with van der Waals surface area (Å²) in [6.45, 7) is 4.95. The van der Waals surface area contributed by atoms with Crippen LogP contribution in [0.2, 0.25) is 0 Å². The van der Waals surface area contributed by atoms with Crippen molar-refractivity contribution in [2.24, 2.45) is 0 Å². The first kappa shape index (κ1) is 17.1. The SMILES string of the molecule is CCc1ccc(Nc2cc(NCc3ccc4c(c3)OCO4)nc(C)n2)cc1. The molecule has 2 heterocycles. The van der Waals surface area contributed by atoms with Gasteiger partial charge in [0.05, 0.1) is 0 Å². The number of aryl methyl sites for hydroxylation is 2. The van der Waals surface area contributed by atoms with Gasteiger partial charge in [-0.15, -0.1) is 0 Å². The van der Waals surface area contributed by atoms with Crippen LogP contribution >= 0.6 is 0 Å². The highest BCUT2D eigenvalue weighted by molar-refractivity contribution is 5.59. The summed E-state index contributed by atoms with van der Waals surface area (Å²) in [5.41, 5.74) is 3.41. The highest BCUT2D eigenvalue weighted by Gasteiger charge is 2.13. The third-order valence-corrected chi connectivity index (χ3v) is 4.38. The van der Waals surface area contributed by atoms with Crippen LogP contribution in [0.3, 0.4) is 0 Å². The van der Waals surface area contributed by atoms with Crippen molar-refractivity contribution >= 4 is 17.3 Å². The highest BCUT2D eigenvalue weighted by atomic mass is 16.7. The summed E-state index contributed by atoms with van der Waals surface area (Å²) >= 11 is 0. The van der Waals surface area contributed by atoms with Crippen LogP contribution < -0.4 is 20.1 Å².